The van der Waals surface area contributed by atoms with Gasteiger partial charge in [0, 0.05) is 48.9 Å². The first kappa shape index (κ1) is 14.7. The Bertz CT molecular complexity index is 561. The summed E-state index contributed by atoms with van der Waals surface area (Å²) in [5.41, 5.74) is 0.661. The molecule has 3 nitrogen and oxygen atoms in total. The van der Waals surface area contributed by atoms with Gasteiger partial charge < -0.3 is 15.2 Å². The van der Waals surface area contributed by atoms with Gasteiger partial charge >= 0.3 is 0 Å². The number of thiophene rings is 1. The van der Waals surface area contributed by atoms with Crippen molar-refractivity contribution in [2.75, 3.05) is 19.8 Å². The summed E-state index contributed by atoms with van der Waals surface area (Å²) in [6, 6.07) is 14.8. The van der Waals surface area contributed by atoms with E-state index in [0.717, 1.165) is 19.4 Å². The highest BCUT2D eigenvalue weighted by atomic mass is 32.1. The molecule has 0 amide bonds. The lowest BCUT2D eigenvalue weighted by atomic mass is 9.94. The number of hydrogen-bond donors (Lipinski definition) is 2. The fourth-order valence-electron chi connectivity index (χ4n) is 2.58. The Hall–Kier alpha value is -1.20. The zero-order valence-corrected chi connectivity index (χ0v) is 12.9. The van der Waals surface area contributed by atoms with Crippen LogP contribution in [0.5, 0.6) is 0 Å². The van der Waals surface area contributed by atoms with Gasteiger partial charge in [-0.1, -0.05) is 30.3 Å². The molecule has 112 valence electrons. The highest BCUT2D eigenvalue weighted by molar-refractivity contribution is 7.15. The summed E-state index contributed by atoms with van der Waals surface area (Å²) in [5.74, 6) is 0. The van der Waals surface area contributed by atoms with E-state index >= 15 is 0 Å². The second-order valence-corrected chi connectivity index (χ2v) is 6.74. The monoisotopic (exact) mass is 303 g/mol. The largest absolute Gasteiger partial charge is 0.388 e. The van der Waals surface area contributed by atoms with Crippen molar-refractivity contribution in [3.8, 4) is 10.4 Å². The highest BCUT2D eigenvalue weighted by Gasteiger charge is 2.29. The molecule has 0 aliphatic carbocycles. The van der Waals surface area contributed by atoms with Crippen LogP contribution in [0.1, 0.15) is 17.7 Å². The van der Waals surface area contributed by atoms with Gasteiger partial charge in [-0.2, -0.15) is 0 Å². The van der Waals surface area contributed by atoms with Crippen LogP contribution in [0.3, 0.4) is 0 Å². The lowest BCUT2D eigenvalue weighted by molar-refractivity contribution is -0.0616. The van der Waals surface area contributed by atoms with E-state index < -0.39 is 5.60 Å². The van der Waals surface area contributed by atoms with Crippen LogP contribution in [0.4, 0.5) is 0 Å². The molecule has 1 aliphatic heterocycles. The van der Waals surface area contributed by atoms with Crippen molar-refractivity contribution in [2.24, 2.45) is 0 Å². The molecule has 2 aromatic rings. The Morgan fingerprint density at radius 3 is 2.62 bits per heavy atom. The predicted molar refractivity (Wildman–Crippen MR) is 86.5 cm³/mol. The number of ether oxygens (including phenoxy) is 1. The molecule has 3 rings (SSSR count). The third-order valence-electron chi connectivity index (χ3n) is 3.90. The zero-order chi connectivity index (χ0) is 14.5. The van der Waals surface area contributed by atoms with Gasteiger partial charge in [0.05, 0.1) is 5.60 Å². The second-order valence-electron chi connectivity index (χ2n) is 5.57. The molecule has 0 spiro atoms. The van der Waals surface area contributed by atoms with Crippen molar-refractivity contribution in [1.29, 1.82) is 0 Å². The van der Waals surface area contributed by atoms with Crippen LogP contribution in [0, 0.1) is 0 Å². The third kappa shape index (κ3) is 3.92. The minimum absolute atomic E-state index is 0.599. The topological polar surface area (TPSA) is 41.5 Å². The second kappa shape index (κ2) is 6.71. The predicted octanol–water partition coefficient (Wildman–Crippen LogP) is 3.05. The van der Waals surface area contributed by atoms with Crippen molar-refractivity contribution in [3.05, 3.63) is 47.3 Å². The van der Waals surface area contributed by atoms with Gasteiger partial charge in [-0.05, 0) is 17.7 Å². The lowest BCUT2D eigenvalue weighted by Crippen LogP contribution is -2.44. The van der Waals surface area contributed by atoms with Crippen molar-refractivity contribution >= 4 is 11.3 Å². The van der Waals surface area contributed by atoms with Crippen LogP contribution in [0.25, 0.3) is 10.4 Å². The molecule has 0 bridgehead atoms. The van der Waals surface area contributed by atoms with E-state index in [4.69, 9.17) is 4.74 Å². The van der Waals surface area contributed by atoms with Crippen LogP contribution in [-0.2, 0) is 11.3 Å². The average molecular weight is 303 g/mol. The number of nitrogens with one attached hydrogen (secondary N) is 1. The molecule has 1 aliphatic rings. The van der Waals surface area contributed by atoms with Gasteiger partial charge in [-0.3, -0.25) is 0 Å². The molecule has 1 fully saturated rings. The smallest absolute Gasteiger partial charge is 0.0815 e. The van der Waals surface area contributed by atoms with Gasteiger partial charge in [0.1, 0.15) is 0 Å². The minimum Gasteiger partial charge on any atom is -0.388 e. The van der Waals surface area contributed by atoms with E-state index in [0.29, 0.717) is 19.8 Å². The Labute approximate surface area is 129 Å². The van der Waals surface area contributed by atoms with E-state index in [-0.39, 0.29) is 0 Å². The summed E-state index contributed by atoms with van der Waals surface area (Å²) < 4.78 is 5.30. The van der Waals surface area contributed by atoms with Crippen LogP contribution in [0.15, 0.2) is 42.5 Å². The molecule has 0 unspecified atom stereocenters. The summed E-state index contributed by atoms with van der Waals surface area (Å²) in [6.45, 7) is 2.76. The van der Waals surface area contributed by atoms with Gasteiger partial charge in [0.2, 0.25) is 0 Å². The van der Waals surface area contributed by atoms with Crippen molar-refractivity contribution in [1.82, 2.24) is 5.32 Å². The molecule has 1 aromatic carbocycles. The molecule has 1 saturated heterocycles. The van der Waals surface area contributed by atoms with Crippen LogP contribution in [-0.4, -0.2) is 30.5 Å². The number of rotatable bonds is 5. The van der Waals surface area contributed by atoms with Crippen LogP contribution >= 0.6 is 11.3 Å². The molecule has 4 heteroatoms. The van der Waals surface area contributed by atoms with E-state index in [1.807, 2.05) is 6.07 Å². The normalized spacial score (nSPS) is 17.8. The molecule has 21 heavy (non-hydrogen) atoms. The zero-order valence-electron chi connectivity index (χ0n) is 12.0. The summed E-state index contributed by atoms with van der Waals surface area (Å²) in [6.07, 6.45) is 1.44. The fourth-order valence-corrected chi connectivity index (χ4v) is 3.56. The van der Waals surface area contributed by atoms with Crippen LogP contribution < -0.4 is 5.32 Å². The molecular weight excluding hydrogens is 282 g/mol. The maximum absolute atomic E-state index is 10.4. The summed E-state index contributed by atoms with van der Waals surface area (Å²) in [7, 11) is 0. The molecule has 0 saturated carbocycles. The first-order valence-electron chi connectivity index (χ1n) is 7.40. The van der Waals surface area contributed by atoms with Gasteiger partial charge in [0.15, 0.2) is 0 Å². The summed E-state index contributed by atoms with van der Waals surface area (Å²) in [4.78, 5) is 2.58. The quantitative estimate of drug-likeness (QED) is 0.892. The number of benzene rings is 1. The Kier molecular flexibility index (Phi) is 4.70. The Morgan fingerprint density at radius 1 is 1.10 bits per heavy atom. The number of hydrogen-bond acceptors (Lipinski definition) is 4. The molecule has 2 N–H and O–H groups in total. The standard InChI is InChI=1S/C17H21NO2S/c19-17(8-10-20-11-9-17)13-18-12-15-6-7-16(21-15)14-4-2-1-3-5-14/h1-7,18-19H,8-13H2. The van der Waals surface area contributed by atoms with E-state index in [9.17, 15) is 5.11 Å². The van der Waals surface area contributed by atoms with Crippen molar-refractivity contribution in [2.45, 2.75) is 25.0 Å². The fraction of sp³-hybridized carbons (Fsp3) is 0.412. The minimum atomic E-state index is -0.599. The number of aliphatic hydroxyl groups is 1. The maximum atomic E-state index is 10.4. The van der Waals surface area contributed by atoms with Gasteiger partial charge in [-0.25, -0.2) is 0 Å². The van der Waals surface area contributed by atoms with Gasteiger partial charge in [-0.15, -0.1) is 11.3 Å². The lowest BCUT2D eigenvalue weighted by Gasteiger charge is -2.32. The summed E-state index contributed by atoms with van der Waals surface area (Å²) in [5, 5.41) is 13.8. The molecule has 0 atom stereocenters. The summed E-state index contributed by atoms with van der Waals surface area (Å²) >= 11 is 1.80. The third-order valence-corrected chi connectivity index (χ3v) is 5.03. The Morgan fingerprint density at radius 2 is 1.86 bits per heavy atom. The SMILES string of the molecule is OC1(CNCc2ccc(-c3ccccc3)s2)CCOCC1. The Balaban J connectivity index is 1.53. The van der Waals surface area contributed by atoms with Crippen LogP contribution in [0.2, 0.25) is 0 Å². The molecule has 0 radical (unpaired) electrons. The van der Waals surface area contributed by atoms with E-state index in [1.54, 1.807) is 11.3 Å². The maximum Gasteiger partial charge on any atom is 0.0815 e. The highest BCUT2D eigenvalue weighted by Crippen LogP contribution is 2.28. The van der Waals surface area contributed by atoms with Crippen molar-refractivity contribution < 1.29 is 9.84 Å². The molecule has 1 aromatic heterocycles. The van der Waals surface area contributed by atoms with E-state index in [2.05, 4.69) is 41.7 Å². The van der Waals surface area contributed by atoms with E-state index in [1.165, 1.54) is 15.3 Å². The molecule has 2 heterocycles. The van der Waals surface area contributed by atoms with Crippen molar-refractivity contribution in [3.63, 3.8) is 0 Å². The first-order valence-corrected chi connectivity index (χ1v) is 8.22. The van der Waals surface area contributed by atoms with Gasteiger partial charge in [0.25, 0.3) is 0 Å². The molecular formula is C17H21NO2S. The first-order chi connectivity index (χ1) is 10.3. The average Bonchev–Trinajstić information content (AvgIpc) is 2.98.